The highest BCUT2D eigenvalue weighted by Gasteiger charge is 2.63. The van der Waals surface area contributed by atoms with Crippen LogP contribution in [0.3, 0.4) is 0 Å². The second-order valence-corrected chi connectivity index (χ2v) is 9.76. The summed E-state index contributed by atoms with van der Waals surface area (Å²) in [7, 11) is 1.59. The lowest BCUT2D eigenvalue weighted by atomic mass is 9.58. The predicted octanol–water partition coefficient (Wildman–Crippen LogP) is 2.85. The number of nitrogens with zero attached hydrogens (tertiary/aromatic N) is 1. The first-order chi connectivity index (χ1) is 18.2. The van der Waals surface area contributed by atoms with Gasteiger partial charge in [0.15, 0.2) is 0 Å². The van der Waals surface area contributed by atoms with E-state index in [2.05, 4.69) is 4.98 Å². The van der Waals surface area contributed by atoms with Crippen molar-refractivity contribution in [1.29, 1.82) is 0 Å². The molecule has 1 aliphatic heterocycles. The summed E-state index contributed by atoms with van der Waals surface area (Å²) in [5.41, 5.74) is 7.53. The maximum atomic E-state index is 13.2. The number of nitrogens with one attached hydrogen (secondary N) is 1. The number of rotatable bonds is 6. The molecular formula is C30H31N3O5. The summed E-state index contributed by atoms with van der Waals surface area (Å²) in [5, 5.41) is 11.9. The molecule has 38 heavy (non-hydrogen) atoms. The smallest absolute Gasteiger partial charge is 0.331 e. The Labute approximate surface area is 220 Å². The van der Waals surface area contributed by atoms with Gasteiger partial charge in [0.2, 0.25) is 5.85 Å². The second kappa shape index (κ2) is 9.72. The van der Waals surface area contributed by atoms with Crippen LogP contribution in [0.4, 0.5) is 0 Å². The lowest BCUT2D eigenvalue weighted by molar-refractivity contribution is -0.122. The van der Waals surface area contributed by atoms with Crippen LogP contribution in [0.15, 0.2) is 101 Å². The fourth-order valence-electron chi connectivity index (χ4n) is 5.87. The Bertz CT molecular complexity index is 1510. The highest BCUT2D eigenvalue weighted by Crippen LogP contribution is 2.55. The van der Waals surface area contributed by atoms with Crippen LogP contribution in [0.1, 0.15) is 29.2 Å². The Hall–Kier alpha value is -3.98. The van der Waals surface area contributed by atoms with E-state index in [1.54, 1.807) is 21.0 Å². The van der Waals surface area contributed by atoms with E-state index < -0.39 is 40.6 Å². The zero-order valence-corrected chi connectivity index (χ0v) is 21.5. The molecule has 1 unspecified atom stereocenters. The van der Waals surface area contributed by atoms with Crippen molar-refractivity contribution in [3.05, 3.63) is 134 Å². The fourth-order valence-corrected chi connectivity index (χ4v) is 5.87. The summed E-state index contributed by atoms with van der Waals surface area (Å²) < 4.78 is 13.1. The normalized spacial score (nSPS) is 23.3. The van der Waals surface area contributed by atoms with Crippen molar-refractivity contribution in [2.24, 2.45) is 11.7 Å². The second-order valence-electron chi connectivity index (χ2n) is 9.76. The molecule has 0 spiro atoms. The maximum absolute atomic E-state index is 13.2. The number of aliphatic hydroxyl groups is 1. The minimum Gasteiger partial charge on any atom is -0.497 e. The number of nitrogens with two attached hydrogens (primary N) is 1. The molecule has 2 heterocycles. The molecule has 1 aliphatic rings. The number of aliphatic hydroxyl groups excluding tert-OH is 1. The van der Waals surface area contributed by atoms with Gasteiger partial charge in [0.1, 0.15) is 5.75 Å². The molecule has 1 saturated heterocycles. The van der Waals surface area contributed by atoms with E-state index in [1.165, 1.54) is 10.8 Å². The molecule has 1 fully saturated rings. The van der Waals surface area contributed by atoms with Crippen molar-refractivity contribution >= 4 is 0 Å². The first kappa shape index (κ1) is 25.7. The van der Waals surface area contributed by atoms with Crippen molar-refractivity contribution in [1.82, 2.24) is 9.55 Å². The molecular weight excluding hydrogens is 482 g/mol. The van der Waals surface area contributed by atoms with E-state index in [4.69, 9.17) is 15.2 Å². The van der Waals surface area contributed by atoms with Gasteiger partial charge in [-0.05, 0) is 42.7 Å². The molecule has 4 aromatic rings. The number of H-pyrrole nitrogens is 1. The zero-order valence-electron chi connectivity index (χ0n) is 21.5. The molecule has 0 bridgehead atoms. The first-order valence-corrected chi connectivity index (χ1v) is 12.5. The van der Waals surface area contributed by atoms with Gasteiger partial charge in [-0.2, -0.15) is 0 Å². The third kappa shape index (κ3) is 3.89. The number of hydrogen-bond acceptors (Lipinski definition) is 6. The van der Waals surface area contributed by atoms with Crippen LogP contribution in [0, 0.1) is 12.8 Å². The summed E-state index contributed by atoms with van der Waals surface area (Å²) in [6.07, 6.45) is -0.446. The maximum Gasteiger partial charge on any atom is 0.331 e. The molecule has 0 amide bonds. The van der Waals surface area contributed by atoms with Crippen LogP contribution < -0.4 is 21.7 Å². The Kier molecular flexibility index (Phi) is 6.56. The van der Waals surface area contributed by atoms with Crippen LogP contribution in [-0.2, 0) is 16.0 Å². The number of aromatic amines is 1. The largest absolute Gasteiger partial charge is 0.497 e. The van der Waals surface area contributed by atoms with E-state index in [0.29, 0.717) is 5.75 Å². The predicted molar refractivity (Wildman–Crippen MR) is 144 cm³/mol. The summed E-state index contributed by atoms with van der Waals surface area (Å²) in [6, 6.07) is 27.0. The van der Waals surface area contributed by atoms with Gasteiger partial charge in [0.05, 0.1) is 30.7 Å². The quantitative estimate of drug-likeness (QED) is 0.341. The van der Waals surface area contributed by atoms with Crippen LogP contribution >= 0.6 is 0 Å². The van der Waals surface area contributed by atoms with Crippen LogP contribution in [0.25, 0.3) is 0 Å². The molecule has 0 radical (unpaired) electrons. The monoisotopic (exact) mass is 513 g/mol. The molecule has 196 valence electrons. The topological polar surface area (TPSA) is 120 Å². The Morgan fingerprint density at radius 2 is 1.55 bits per heavy atom. The molecule has 0 aliphatic carbocycles. The van der Waals surface area contributed by atoms with E-state index in [1.807, 2.05) is 84.9 Å². The lowest BCUT2D eigenvalue weighted by Gasteiger charge is -2.47. The van der Waals surface area contributed by atoms with Crippen LogP contribution in [-0.4, -0.2) is 34.0 Å². The van der Waals surface area contributed by atoms with Crippen molar-refractivity contribution in [3.8, 4) is 5.75 Å². The fraction of sp³-hybridized carbons (Fsp3) is 0.267. The molecule has 1 aromatic heterocycles. The van der Waals surface area contributed by atoms with Crippen molar-refractivity contribution < 1.29 is 14.6 Å². The van der Waals surface area contributed by atoms with E-state index >= 15 is 0 Å². The van der Waals surface area contributed by atoms with Gasteiger partial charge in [-0.15, -0.1) is 0 Å². The Morgan fingerprint density at radius 1 is 0.974 bits per heavy atom. The van der Waals surface area contributed by atoms with Gasteiger partial charge >= 0.3 is 5.69 Å². The standard InChI is InChI=1S/C30H31N3O5/c1-19-18-33(28(36)32-27(19)35)30(31)26(25(34)20(2)38-30)29(21-11-6-4-7-12-21,22-13-8-5-9-14-22)23-15-10-16-24(17-23)37-3/h4-18,20,25-26,34H,31H2,1-3H3,(H,32,35,36)/t20-,25-,26?,30+/m1/s1. The number of methoxy groups -OCH3 is 1. The van der Waals surface area contributed by atoms with Gasteiger partial charge in [-0.1, -0.05) is 72.8 Å². The van der Waals surface area contributed by atoms with E-state index in [9.17, 15) is 14.7 Å². The Balaban J connectivity index is 1.94. The summed E-state index contributed by atoms with van der Waals surface area (Å²) in [4.78, 5) is 27.8. The minimum absolute atomic E-state index is 0.289. The van der Waals surface area contributed by atoms with Crippen molar-refractivity contribution in [3.63, 3.8) is 0 Å². The van der Waals surface area contributed by atoms with Crippen molar-refractivity contribution in [2.75, 3.05) is 7.11 Å². The molecule has 0 saturated carbocycles. The van der Waals surface area contributed by atoms with Gasteiger partial charge < -0.3 is 14.6 Å². The van der Waals surface area contributed by atoms with Gasteiger partial charge in [0.25, 0.3) is 5.56 Å². The summed E-state index contributed by atoms with van der Waals surface area (Å²) in [6.45, 7) is 3.31. The van der Waals surface area contributed by atoms with Crippen LogP contribution in [0.2, 0.25) is 0 Å². The zero-order chi connectivity index (χ0) is 27.1. The molecule has 5 rings (SSSR count). The minimum atomic E-state index is -1.85. The number of benzene rings is 3. The Morgan fingerprint density at radius 3 is 2.13 bits per heavy atom. The average molecular weight is 514 g/mol. The number of hydrogen-bond donors (Lipinski definition) is 3. The molecule has 4 atom stereocenters. The average Bonchev–Trinajstić information content (AvgIpc) is 3.17. The number of aromatic nitrogens is 2. The SMILES string of the molecule is COc1cccc(C(c2ccccc2)(c2ccccc2)C2[C@H](O)[C@@H](C)O[C@@]2(N)n2cc(C)c(=O)[nH]c2=O)c1. The molecule has 8 nitrogen and oxygen atoms in total. The number of aryl methyl sites for hydroxylation is 1. The van der Waals surface area contributed by atoms with Gasteiger partial charge in [-0.3, -0.25) is 20.1 Å². The lowest BCUT2D eigenvalue weighted by Crippen LogP contribution is -2.61. The van der Waals surface area contributed by atoms with E-state index in [-0.39, 0.29) is 5.56 Å². The highest BCUT2D eigenvalue weighted by atomic mass is 16.6. The molecule has 3 aromatic carbocycles. The molecule has 8 heteroatoms. The van der Waals surface area contributed by atoms with Gasteiger partial charge in [-0.25, -0.2) is 4.79 Å². The summed E-state index contributed by atoms with van der Waals surface area (Å²) >= 11 is 0. The third-order valence-electron chi connectivity index (χ3n) is 7.59. The third-order valence-corrected chi connectivity index (χ3v) is 7.59. The van der Waals surface area contributed by atoms with E-state index in [0.717, 1.165) is 16.7 Å². The highest BCUT2D eigenvalue weighted by molar-refractivity contribution is 5.54. The molecule has 4 N–H and O–H groups in total. The summed E-state index contributed by atoms with van der Waals surface area (Å²) in [5.74, 6) is -2.15. The van der Waals surface area contributed by atoms with Crippen LogP contribution in [0.5, 0.6) is 5.75 Å². The van der Waals surface area contributed by atoms with Crippen molar-refractivity contribution in [2.45, 2.75) is 37.3 Å². The first-order valence-electron chi connectivity index (χ1n) is 12.5. The number of ether oxygens (including phenoxy) is 2. The van der Waals surface area contributed by atoms with Gasteiger partial charge in [0, 0.05) is 11.8 Å².